The Labute approximate surface area is 114 Å². The van der Waals surface area contributed by atoms with Gasteiger partial charge in [-0.2, -0.15) is 12.7 Å². The van der Waals surface area contributed by atoms with Crippen LogP contribution in [0.3, 0.4) is 0 Å². The number of piperidine rings is 1. The van der Waals surface area contributed by atoms with Crippen molar-refractivity contribution in [2.24, 2.45) is 17.8 Å². The summed E-state index contributed by atoms with van der Waals surface area (Å²) in [6.45, 7) is 3.14. The number of aliphatic carboxylic acids is 1. The molecule has 19 heavy (non-hydrogen) atoms. The third-order valence-corrected chi connectivity index (χ3v) is 5.73. The first-order chi connectivity index (χ1) is 8.90. The number of hydrogen-bond acceptors (Lipinski definition) is 3. The van der Waals surface area contributed by atoms with E-state index in [4.69, 9.17) is 5.11 Å². The quantitative estimate of drug-likeness (QED) is 0.752. The van der Waals surface area contributed by atoms with Gasteiger partial charge in [0, 0.05) is 19.6 Å². The third kappa shape index (κ3) is 3.90. The average Bonchev–Trinajstić information content (AvgIpc) is 3.20. The molecule has 1 heterocycles. The number of nitrogens with zero attached hydrogens (tertiary/aromatic N) is 1. The smallest absolute Gasteiger partial charge is 0.306 e. The Bertz CT molecular complexity index is 425. The molecule has 110 valence electrons. The summed E-state index contributed by atoms with van der Waals surface area (Å²) in [6, 6.07) is 0. The summed E-state index contributed by atoms with van der Waals surface area (Å²) >= 11 is 0. The van der Waals surface area contributed by atoms with Gasteiger partial charge in [-0.1, -0.05) is 6.92 Å². The van der Waals surface area contributed by atoms with Crippen LogP contribution in [0.15, 0.2) is 0 Å². The molecule has 0 spiro atoms. The Morgan fingerprint density at radius 1 is 1.32 bits per heavy atom. The Hall–Kier alpha value is -0.660. The van der Waals surface area contributed by atoms with Crippen LogP contribution in [0.2, 0.25) is 0 Å². The van der Waals surface area contributed by atoms with Crippen molar-refractivity contribution in [2.75, 3.05) is 19.6 Å². The number of nitrogens with one attached hydrogen (secondary N) is 1. The van der Waals surface area contributed by atoms with Crippen molar-refractivity contribution in [3.8, 4) is 0 Å². The van der Waals surface area contributed by atoms with Crippen LogP contribution in [0.25, 0.3) is 0 Å². The molecule has 1 atom stereocenters. The Balaban J connectivity index is 1.81. The lowest BCUT2D eigenvalue weighted by Crippen LogP contribution is -2.46. The molecular formula is C12H22N2O4S. The van der Waals surface area contributed by atoms with E-state index in [9.17, 15) is 13.2 Å². The highest BCUT2D eigenvalue weighted by molar-refractivity contribution is 7.87. The largest absolute Gasteiger partial charge is 0.481 e. The van der Waals surface area contributed by atoms with Gasteiger partial charge in [-0.15, -0.1) is 0 Å². The van der Waals surface area contributed by atoms with E-state index in [0.717, 1.165) is 0 Å². The van der Waals surface area contributed by atoms with Gasteiger partial charge < -0.3 is 5.11 Å². The fourth-order valence-corrected chi connectivity index (χ4v) is 3.85. The molecule has 2 N–H and O–H groups in total. The first-order valence-electron chi connectivity index (χ1n) is 6.87. The standard InChI is InChI=1S/C12H22N2O4S/c1-9(10-2-3-10)8-13-19(17,18)14-6-4-11(5-7-14)12(15)16/h9-11,13H,2-8H2,1H3,(H,15,16). The van der Waals surface area contributed by atoms with Crippen molar-refractivity contribution in [1.82, 2.24) is 9.03 Å². The van der Waals surface area contributed by atoms with Gasteiger partial charge in [0.05, 0.1) is 5.92 Å². The lowest BCUT2D eigenvalue weighted by Gasteiger charge is -2.29. The third-order valence-electron chi connectivity index (χ3n) is 4.16. The van der Waals surface area contributed by atoms with Gasteiger partial charge in [0.15, 0.2) is 0 Å². The molecule has 0 aromatic carbocycles. The highest BCUT2D eigenvalue weighted by atomic mass is 32.2. The number of rotatable bonds is 6. The monoisotopic (exact) mass is 290 g/mol. The number of carboxylic acids is 1. The van der Waals surface area contributed by atoms with Crippen molar-refractivity contribution in [1.29, 1.82) is 0 Å². The SMILES string of the molecule is CC(CNS(=O)(=O)N1CCC(C(=O)O)CC1)C1CC1. The summed E-state index contributed by atoms with van der Waals surface area (Å²) in [5, 5.41) is 8.89. The molecule has 2 fully saturated rings. The molecular weight excluding hydrogens is 268 g/mol. The van der Waals surface area contributed by atoms with Crippen LogP contribution in [0.5, 0.6) is 0 Å². The van der Waals surface area contributed by atoms with E-state index in [0.29, 0.717) is 44.3 Å². The minimum atomic E-state index is -3.44. The molecule has 2 aliphatic rings. The highest BCUT2D eigenvalue weighted by Crippen LogP contribution is 2.36. The van der Waals surface area contributed by atoms with E-state index >= 15 is 0 Å². The molecule has 0 aromatic rings. The van der Waals surface area contributed by atoms with Crippen molar-refractivity contribution in [3.63, 3.8) is 0 Å². The van der Waals surface area contributed by atoms with E-state index < -0.39 is 22.1 Å². The lowest BCUT2D eigenvalue weighted by atomic mass is 9.99. The second-order valence-electron chi connectivity index (χ2n) is 5.68. The normalized spacial score (nSPS) is 24.3. The first kappa shape index (κ1) is 14.7. The average molecular weight is 290 g/mol. The summed E-state index contributed by atoms with van der Waals surface area (Å²) in [7, 11) is -3.44. The molecule has 0 radical (unpaired) electrons. The summed E-state index contributed by atoms with van der Waals surface area (Å²) in [4.78, 5) is 10.8. The molecule has 1 saturated carbocycles. The summed E-state index contributed by atoms with van der Waals surface area (Å²) in [6.07, 6.45) is 3.20. The zero-order chi connectivity index (χ0) is 14.0. The molecule has 1 aliphatic carbocycles. The van der Waals surface area contributed by atoms with Crippen LogP contribution in [0, 0.1) is 17.8 Å². The molecule has 0 amide bonds. The summed E-state index contributed by atoms with van der Waals surface area (Å²) in [5.41, 5.74) is 0. The molecule has 1 unspecified atom stereocenters. The Morgan fingerprint density at radius 2 is 1.89 bits per heavy atom. The van der Waals surface area contributed by atoms with Crippen LogP contribution < -0.4 is 4.72 Å². The van der Waals surface area contributed by atoms with Crippen molar-refractivity contribution in [3.05, 3.63) is 0 Å². The van der Waals surface area contributed by atoms with Crippen LogP contribution in [0.4, 0.5) is 0 Å². The van der Waals surface area contributed by atoms with E-state index in [-0.39, 0.29) is 0 Å². The van der Waals surface area contributed by atoms with Crippen molar-refractivity contribution >= 4 is 16.2 Å². The van der Waals surface area contributed by atoms with Crippen LogP contribution in [-0.4, -0.2) is 43.4 Å². The topological polar surface area (TPSA) is 86.7 Å². The van der Waals surface area contributed by atoms with Crippen LogP contribution >= 0.6 is 0 Å². The van der Waals surface area contributed by atoms with Crippen molar-refractivity contribution in [2.45, 2.75) is 32.6 Å². The van der Waals surface area contributed by atoms with Crippen LogP contribution in [0.1, 0.15) is 32.6 Å². The Morgan fingerprint density at radius 3 is 2.37 bits per heavy atom. The predicted octanol–water partition coefficient (Wildman–Crippen LogP) is 0.663. The van der Waals surface area contributed by atoms with Gasteiger partial charge in [0.2, 0.25) is 0 Å². The number of carboxylic acid groups (broad SMARTS) is 1. The van der Waals surface area contributed by atoms with Gasteiger partial charge in [-0.3, -0.25) is 4.79 Å². The maximum Gasteiger partial charge on any atom is 0.306 e. The molecule has 1 saturated heterocycles. The maximum absolute atomic E-state index is 12.1. The molecule has 6 nitrogen and oxygen atoms in total. The Kier molecular flexibility index (Phi) is 4.47. The molecule has 7 heteroatoms. The second kappa shape index (κ2) is 5.76. The van der Waals surface area contributed by atoms with Gasteiger partial charge >= 0.3 is 5.97 Å². The summed E-state index contributed by atoms with van der Waals surface area (Å²) < 4.78 is 28.2. The minimum absolute atomic E-state index is 0.296. The fraction of sp³-hybridized carbons (Fsp3) is 0.917. The summed E-state index contributed by atoms with van der Waals surface area (Å²) in [5.74, 6) is -0.184. The molecule has 1 aliphatic heterocycles. The highest BCUT2D eigenvalue weighted by Gasteiger charge is 2.32. The zero-order valence-electron chi connectivity index (χ0n) is 11.2. The van der Waals surface area contributed by atoms with E-state index in [1.165, 1.54) is 17.1 Å². The van der Waals surface area contributed by atoms with Gasteiger partial charge in [-0.25, -0.2) is 4.72 Å². The predicted molar refractivity (Wildman–Crippen MR) is 70.7 cm³/mol. The van der Waals surface area contributed by atoms with E-state index in [1.807, 2.05) is 0 Å². The lowest BCUT2D eigenvalue weighted by molar-refractivity contribution is -0.142. The fourth-order valence-electron chi connectivity index (χ4n) is 2.50. The van der Waals surface area contributed by atoms with Gasteiger partial charge in [-0.05, 0) is 37.5 Å². The van der Waals surface area contributed by atoms with Crippen molar-refractivity contribution < 1.29 is 18.3 Å². The molecule has 2 rings (SSSR count). The number of carbonyl (C=O) groups is 1. The van der Waals surface area contributed by atoms with E-state index in [1.54, 1.807) is 0 Å². The van der Waals surface area contributed by atoms with Gasteiger partial charge in [0.1, 0.15) is 0 Å². The maximum atomic E-state index is 12.1. The number of hydrogen-bond donors (Lipinski definition) is 2. The minimum Gasteiger partial charge on any atom is -0.481 e. The zero-order valence-corrected chi connectivity index (χ0v) is 12.0. The molecule has 0 aromatic heterocycles. The van der Waals surface area contributed by atoms with E-state index in [2.05, 4.69) is 11.6 Å². The first-order valence-corrected chi connectivity index (χ1v) is 8.31. The second-order valence-corrected chi connectivity index (χ2v) is 7.43. The molecule has 0 bridgehead atoms. The van der Waals surface area contributed by atoms with Gasteiger partial charge in [0.25, 0.3) is 10.2 Å². The van der Waals surface area contributed by atoms with Crippen LogP contribution in [-0.2, 0) is 15.0 Å².